The summed E-state index contributed by atoms with van der Waals surface area (Å²) in [5, 5.41) is 0. The fraction of sp³-hybridized carbons (Fsp3) is 0.702. The van der Waals surface area contributed by atoms with E-state index >= 15 is 0 Å². The fourth-order valence-corrected chi connectivity index (χ4v) is 6.86. The Labute approximate surface area is 388 Å². The number of carbonyl (C=O) groups excluding carboxylic acids is 3. The van der Waals surface area contributed by atoms with Gasteiger partial charge in [0.05, 0.1) is 0 Å². The van der Waals surface area contributed by atoms with E-state index in [4.69, 9.17) is 14.2 Å². The van der Waals surface area contributed by atoms with Gasteiger partial charge in [0.2, 0.25) is 0 Å². The summed E-state index contributed by atoms with van der Waals surface area (Å²) in [5.41, 5.74) is 0. The fourth-order valence-electron chi connectivity index (χ4n) is 6.86. The molecule has 0 aromatic carbocycles. The van der Waals surface area contributed by atoms with Crippen molar-refractivity contribution in [1.29, 1.82) is 0 Å². The number of hydrogen-bond donors (Lipinski definition) is 0. The molecule has 6 nitrogen and oxygen atoms in total. The quantitative estimate of drug-likeness (QED) is 0.0262. The van der Waals surface area contributed by atoms with Crippen LogP contribution in [0.1, 0.15) is 239 Å². The van der Waals surface area contributed by atoms with Gasteiger partial charge in [0, 0.05) is 19.3 Å². The van der Waals surface area contributed by atoms with Crippen LogP contribution in [0.3, 0.4) is 0 Å². The Morgan fingerprint density at radius 1 is 0.317 bits per heavy atom. The van der Waals surface area contributed by atoms with Gasteiger partial charge in [-0.25, -0.2) is 0 Å². The number of hydrogen-bond acceptors (Lipinski definition) is 6. The molecule has 6 heteroatoms. The molecule has 0 spiro atoms. The van der Waals surface area contributed by atoms with Crippen LogP contribution in [-0.4, -0.2) is 37.2 Å². The van der Waals surface area contributed by atoms with E-state index in [9.17, 15) is 14.4 Å². The Morgan fingerprint density at radius 3 is 0.968 bits per heavy atom. The van der Waals surface area contributed by atoms with E-state index in [2.05, 4.69) is 106 Å². The van der Waals surface area contributed by atoms with Crippen LogP contribution in [0.5, 0.6) is 0 Å². The van der Waals surface area contributed by atoms with Crippen LogP contribution in [0, 0.1) is 0 Å². The van der Waals surface area contributed by atoms with Gasteiger partial charge in [0.15, 0.2) is 6.10 Å². The number of carbonyl (C=O) groups is 3. The molecule has 0 rings (SSSR count). The zero-order valence-corrected chi connectivity index (χ0v) is 41.1. The topological polar surface area (TPSA) is 78.9 Å². The molecule has 0 aliphatic heterocycles. The molecule has 0 amide bonds. The molecule has 0 fully saturated rings. The molecule has 0 aromatic rings. The Balaban J connectivity index is 4.52. The maximum absolute atomic E-state index is 12.8. The van der Waals surface area contributed by atoms with Gasteiger partial charge >= 0.3 is 17.9 Å². The molecule has 0 radical (unpaired) electrons. The predicted octanol–water partition coefficient (Wildman–Crippen LogP) is 17.2. The molecule has 0 saturated heterocycles. The van der Waals surface area contributed by atoms with E-state index in [0.717, 1.165) is 77.0 Å². The second-order valence-corrected chi connectivity index (χ2v) is 17.1. The van der Waals surface area contributed by atoms with Gasteiger partial charge in [0.1, 0.15) is 13.2 Å². The largest absolute Gasteiger partial charge is 0.462 e. The predicted molar refractivity (Wildman–Crippen MR) is 270 cm³/mol. The minimum atomic E-state index is -0.813. The van der Waals surface area contributed by atoms with Crippen molar-refractivity contribution >= 4 is 17.9 Å². The minimum absolute atomic E-state index is 0.107. The summed E-state index contributed by atoms with van der Waals surface area (Å²) in [7, 11) is 0. The average Bonchev–Trinajstić information content (AvgIpc) is 3.28. The Bertz CT molecular complexity index is 1240. The third kappa shape index (κ3) is 49.5. The van der Waals surface area contributed by atoms with Crippen LogP contribution >= 0.6 is 0 Å². The van der Waals surface area contributed by atoms with Crippen LogP contribution in [0.15, 0.2) is 85.1 Å². The highest BCUT2D eigenvalue weighted by Crippen LogP contribution is 2.13. The first-order chi connectivity index (χ1) is 31.0. The molecule has 0 aliphatic carbocycles. The van der Waals surface area contributed by atoms with E-state index in [1.807, 2.05) is 0 Å². The van der Waals surface area contributed by atoms with Crippen LogP contribution in [0.25, 0.3) is 0 Å². The average molecular weight is 877 g/mol. The number of rotatable bonds is 46. The standard InChI is InChI=1S/C57H96O6/c1-4-7-10-13-16-19-22-25-28-31-34-37-40-43-46-49-55(58)61-52-54(63-57(60)51-48-45-42-39-36-33-30-27-24-21-18-15-12-9-6-3)53-62-56(59)50-47-44-41-38-35-32-29-26-23-20-17-14-11-8-5-2/h16,18-21,23,25,27-28,30,34,36-37,39,54H,4-15,17,22,24,26,29,31-33,35,38,40-53H2,1-3H3/b19-16-,21-18-,23-20-,28-25-,30-27-,37-34-,39-36-/t54-/m1/s1. The van der Waals surface area contributed by atoms with Crippen LogP contribution in [0.2, 0.25) is 0 Å². The molecular formula is C57H96O6. The van der Waals surface area contributed by atoms with Gasteiger partial charge in [-0.2, -0.15) is 0 Å². The van der Waals surface area contributed by atoms with Crippen LogP contribution < -0.4 is 0 Å². The summed E-state index contributed by atoms with van der Waals surface area (Å²) in [4.78, 5) is 38.0. The number of esters is 3. The summed E-state index contributed by atoms with van der Waals surface area (Å²) in [6.07, 6.45) is 65.6. The summed E-state index contributed by atoms with van der Waals surface area (Å²) in [6.45, 7) is 6.49. The molecule has 0 unspecified atom stereocenters. The second kappa shape index (κ2) is 51.2. The van der Waals surface area contributed by atoms with Crippen molar-refractivity contribution in [3.05, 3.63) is 85.1 Å². The highest BCUT2D eigenvalue weighted by molar-refractivity contribution is 5.71. The maximum Gasteiger partial charge on any atom is 0.306 e. The lowest BCUT2D eigenvalue weighted by atomic mass is 10.1. The van der Waals surface area contributed by atoms with Crippen molar-refractivity contribution in [2.75, 3.05) is 13.2 Å². The summed E-state index contributed by atoms with van der Waals surface area (Å²) >= 11 is 0. The monoisotopic (exact) mass is 877 g/mol. The smallest absolute Gasteiger partial charge is 0.306 e. The van der Waals surface area contributed by atoms with Gasteiger partial charge < -0.3 is 14.2 Å². The molecular weight excluding hydrogens is 781 g/mol. The summed E-state index contributed by atoms with van der Waals surface area (Å²) in [5.74, 6) is -0.991. The van der Waals surface area contributed by atoms with E-state index in [0.29, 0.717) is 19.3 Å². The molecule has 0 heterocycles. The van der Waals surface area contributed by atoms with E-state index in [-0.39, 0.29) is 37.5 Å². The second-order valence-electron chi connectivity index (χ2n) is 17.1. The normalized spacial score (nSPS) is 12.7. The number of ether oxygens (including phenoxy) is 3. The van der Waals surface area contributed by atoms with Crippen molar-refractivity contribution in [3.8, 4) is 0 Å². The Morgan fingerprint density at radius 2 is 0.571 bits per heavy atom. The zero-order chi connectivity index (χ0) is 45.8. The lowest BCUT2D eigenvalue weighted by Crippen LogP contribution is -2.30. The lowest BCUT2D eigenvalue weighted by Gasteiger charge is -2.18. The summed E-state index contributed by atoms with van der Waals surface area (Å²) < 4.78 is 16.7. The minimum Gasteiger partial charge on any atom is -0.462 e. The third-order valence-electron chi connectivity index (χ3n) is 10.8. The molecule has 63 heavy (non-hydrogen) atoms. The first kappa shape index (κ1) is 59.6. The van der Waals surface area contributed by atoms with Gasteiger partial charge in [-0.3, -0.25) is 14.4 Å². The Hall–Kier alpha value is -3.41. The van der Waals surface area contributed by atoms with Crippen LogP contribution in [-0.2, 0) is 28.6 Å². The molecule has 0 saturated carbocycles. The lowest BCUT2D eigenvalue weighted by molar-refractivity contribution is -0.167. The summed E-state index contributed by atoms with van der Waals surface area (Å²) in [6, 6.07) is 0. The highest BCUT2D eigenvalue weighted by atomic mass is 16.6. The van der Waals surface area contributed by atoms with Gasteiger partial charge in [-0.05, 0) is 122 Å². The highest BCUT2D eigenvalue weighted by Gasteiger charge is 2.19. The van der Waals surface area contributed by atoms with Crippen molar-refractivity contribution < 1.29 is 28.6 Å². The van der Waals surface area contributed by atoms with Crippen molar-refractivity contribution in [2.45, 2.75) is 245 Å². The number of allylic oxidation sites excluding steroid dienone is 14. The molecule has 0 N–H and O–H groups in total. The maximum atomic E-state index is 12.8. The van der Waals surface area contributed by atoms with Crippen molar-refractivity contribution in [3.63, 3.8) is 0 Å². The number of unbranched alkanes of at least 4 members (excludes halogenated alkanes) is 21. The van der Waals surface area contributed by atoms with E-state index < -0.39 is 6.10 Å². The molecule has 0 bridgehead atoms. The first-order valence-electron chi connectivity index (χ1n) is 26.1. The van der Waals surface area contributed by atoms with E-state index in [1.165, 1.54) is 116 Å². The Kier molecular flexibility index (Phi) is 48.5. The first-order valence-corrected chi connectivity index (χ1v) is 26.1. The van der Waals surface area contributed by atoms with E-state index in [1.54, 1.807) is 0 Å². The molecule has 1 atom stereocenters. The van der Waals surface area contributed by atoms with Crippen LogP contribution in [0.4, 0.5) is 0 Å². The van der Waals surface area contributed by atoms with Crippen molar-refractivity contribution in [2.24, 2.45) is 0 Å². The van der Waals surface area contributed by atoms with Crippen molar-refractivity contribution in [1.82, 2.24) is 0 Å². The SMILES string of the molecule is CCCCC/C=C\C/C=C\C/C=C\CCCCC(=O)OC[C@H](COC(=O)CCCCCCCCC/C=C\CCCCCC)OC(=O)CCCC/C=C\C/C=C\C/C=C\CCCCC. The van der Waals surface area contributed by atoms with Gasteiger partial charge in [0.25, 0.3) is 0 Å². The third-order valence-corrected chi connectivity index (χ3v) is 10.8. The van der Waals surface area contributed by atoms with Gasteiger partial charge in [-0.1, -0.05) is 183 Å². The molecule has 0 aliphatic rings. The molecule has 360 valence electrons. The van der Waals surface area contributed by atoms with Gasteiger partial charge in [-0.15, -0.1) is 0 Å². The molecule has 0 aromatic heterocycles. The zero-order valence-electron chi connectivity index (χ0n) is 41.1.